The molecule has 0 spiro atoms. The molecule has 0 aliphatic heterocycles. The van der Waals surface area contributed by atoms with Gasteiger partial charge in [0.1, 0.15) is 11.6 Å². The smallest absolute Gasteiger partial charge is 0.259 e. The Bertz CT molecular complexity index is 1260. The number of carbonyl (C=O) groups is 1. The van der Waals surface area contributed by atoms with Crippen LogP contribution in [0.4, 0.5) is 10.2 Å². The molecular formula is C21H21FN8O. The molecule has 1 N–H and O–H groups in total. The minimum atomic E-state index is -0.610. The SMILES string of the molecule is Cc1cc(F)c(C(=O)Nc2cccc(-n3nnnc3C(C)C)n2)cc1-c1cnn(C)c1. The van der Waals surface area contributed by atoms with E-state index >= 15 is 0 Å². The lowest BCUT2D eigenvalue weighted by atomic mass is 9.99. The molecule has 1 aromatic carbocycles. The van der Waals surface area contributed by atoms with Crippen molar-refractivity contribution in [1.29, 1.82) is 0 Å². The summed E-state index contributed by atoms with van der Waals surface area (Å²) in [5.41, 5.74) is 2.16. The number of carbonyl (C=O) groups excluding carboxylic acids is 1. The minimum absolute atomic E-state index is 0.0815. The molecule has 0 unspecified atom stereocenters. The van der Waals surface area contributed by atoms with Gasteiger partial charge in [0, 0.05) is 24.7 Å². The first-order valence-electron chi connectivity index (χ1n) is 9.69. The van der Waals surface area contributed by atoms with Crippen molar-refractivity contribution in [2.75, 3.05) is 5.32 Å². The first kappa shape index (κ1) is 20.3. The van der Waals surface area contributed by atoms with Gasteiger partial charge in [0.15, 0.2) is 11.6 Å². The van der Waals surface area contributed by atoms with Gasteiger partial charge in [0.05, 0.1) is 11.8 Å². The van der Waals surface area contributed by atoms with Crippen molar-refractivity contribution in [3.63, 3.8) is 0 Å². The maximum atomic E-state index is 14.6. The average Bonchev–Trinajstić information content (AvgIpc) is 3.37. The highest BCUT2D eigenvalue weighted by Gasteiger charge is 2.18. The van der Waals surface area contributed by atoms with E-state index in [1.54, 1.807) is 43.0 Å². The molecule has 158 valence electrons. The number of nitrogens with one attached hydrogen (secondary N) is 1. The second kappa shape index (κ2) is 8.05. The molecule has 0 aliphatic rings. The van der Waals surface area contributed by atoms with Gasteiger partial charge in [-0.15, -0.1) is 5.10 Å². The summed E-state index contributed by atoms with van der Waals surface area (Å²) in [4.78, 5) is 17.3. The number of hydrogen-bond acceptors (Lipinski definition) is 6. The number of amides is 1. The van der Waals surface area contributed by atoms with Gasteiger partial charge in [-0.25, -0.2) is 9.37 Å². The number of halogens is 1. The highest BCUT2D eigenvalue weighted by atomic mass is 19.1. The highest BCUT2D eigenvalue weighted by molar-refractivity contribution is 6.04. The van der Waals surface area contributed by atoms with E-state index in [0.29, 0.717) is 17.2 Å². The van der Waals surface area contributed by atoms with Crippen LogP contribution in [0.1, 0.15) is 41.5 Å². The molecule has 0 aliphatic carbocycles. The normalized spacial score (nSPS) is 11.2. The molecule has 0 bridgehead atoms. The third-order valence-electron chi connectivity index (χ3n) is 4.78. The van der Waals surface area contributed by atoms with Gasteiger partial charge in [-0.3, -0.25) is 9.48 Å². The summed E-state index contributed by atoms with van der Waals surface area (Å²) in [5, 5.41) is 18.5. The van der Waals surface area contributed by atoms with Crippen LogP contribution in [0.25, 0.3) is 16.9 Å². The zero-order valence-electron chi connectivity index (χ0n) is 17.5. The molecule has 0 atom stereocenters. The Morgan fingerprint density at radius 2 is 2.03 bits per heavy atom. The predicted octanol–water partition coefficient (Wildman–Crippen LogP) is 3.28. The van der Waals surface area contributed by atoms with E-state index in [4.69, 9.17) is 0 Å². The number of hydrogen-bond donors (Lipinski definition) is 1. The molecule has 0 saturated carbocycles. The average molecular weight is 420 g/mol. The van der Waals surface area contributed by atoms with Crippen LogP contribution in [0, 0.1) is 12.7 Å². The fourth-order valence-electron chi connectivity index (χ4n) is 3.23. The van der Waals surface area contributed by atoms with Crippen LogP contribution in [0.3, 0.4) is 0 Å². The van der Waals surface area contributed by atoms with Crippen molar-refractivity contribution >= 4 is 11.7 Å². The molecule has 3 aromatic heterocycles. The van der Waals surface area contributed by atoms with Gasteiger partial charge in [-0.2, -0.15) is 9.78 Å². The van der Waals surface area contributed by atoms with Gasteiger partial charge in [-0.1, -0.05) is 19.9 Å². The van der Waals surface area contributed by atoms with Crippen LogP contribution in [-0.2, 0) is 7.05 Å². The first-order chi connectivity index (χ1) is 14.8. The number of tetrazole rings is 1. The summed E-state index contributed by atoms with van der Waals surface area (Å²) < 4.78 is 17.8. The largest absolute Gasteiger partial charge is 0.306 e. The van der Waals surface area contributed by atoms with Gasteiger partial charge >= 0.3 is 0 Å². The zero-order chi connectivity index (χ0) is 22.1. The monoisotopic (exact) mass is 420 g/mol. The summed E-state index contributed by atoms with van der Waals surface area (Å²) >= 11 is 0. The van der Waals surface area contributed by atoms with Crippen molar-refractivity contribution in [3.8, 4) is 16.9 Å². The molecule has 0 fully saturated rings. The van der Waals surface area contributed by atoms with Crippen LogP contribution in [0.2, 0.25) is 0 Å². The molecule has 4 rings (SSSR count). The molecule has 0 saturated heterocycles. The summed E-state index contributed by atoms with van der Waals surface area (Å²) in [5.74, 6) is 0.223. The van der Waals surface area contributed by atoms with Crippen molar-refractivity contribution in [2.24, 2.45) is 7.05 Å². The summed E-state index contributed by atoms with van der Waals surface area (Å²) in [6.07, 6.45) is 3.48. The van der Waals surface area contributed by atoms with Crippen LogP contribution in [-0.4, -0.2) is 40.9 Å². The molecule has 9 nitrogen and oxygen atoms in total. The molecule has 0 radical (unpaired) electrons. The topological polar surface area (TPSA) is 103 Å². The first-order valence-corrected chi connectivity index (χ1v) is 9.69. The third-order valence-corrected chi connectivity index (χ3v) is 4.78. The second-order valence-electron chi connectivity index (χ2n) is 7.49. The van der Waals surface area contributed by atoms with Crippen LogP contribution >= 0.6 is 0 Å². The van der Waals surface area contributed by atoms with Crippen LogP contribution < -0.4 is 5.32 Å². The van der Waals surface area contributed by atoms with E-state index in [0.717, 1.165) is 11.1 Å². The van der Waals surface area contributed by atoms with Gasteiger partial charge in [0.2, 0.25) is 0 Å². The number of anilines is 1. The molecule has 1 amide bonds. The maximum Gasteiger partial charge on any atom is 0.259 e. The molecular weight excluding hydrogens is 399 g/mol. The number of pyridine rings is 1. The Hall–Kier alpha value is -3.95. The second-order valence-corrected chi connectivity index (χ2v) is 7.49. The maximum absolute atomic E-state index is 14.6. The summed E-state index contributed by atoms with van der Waals surface area (Å²) in [6.45, 7) is 5.72. The zero-order valence-corrected chi connectivity index (χ0v) is 17.5. The minimum Gasteiger partial charge on any atom is -0.306 e. The number of aromatic nitrogens is 7. The Balaban J connectivity index is 1.64. The predicted molar refractivity (Wildman–Crippen MR) is 112 cm³/mol. The molecule has 31 heavy (non-hydrogen) atoms. The Morgan fingerprint density at radius 1 is 1.23 bits per heavy atom. The number of rotatable bonds is 5. The van der Waals surface area contributed by atoms with Crippen molar-refractivity contribution < 1.29 is 9.18 Å². The Morgan fingerprint density at radius 3 is 2.74 bits per heavy atom. The third kappa shape index (κ3) is 4.04. The van der Waals surface area contributed by atoms with Crippen molar-refractivity contribution in [1.82, 2.24) is 35.0 Å². The quantitative estimate of drug-likeness (QED) is 0.531. The van der Waals surface area contributed by atoms with E-state index in [2.05, 4.69) is 30.9 Å². The lowest BCUT2D eigenvalue weighted by Crippen LogP contribution is -2.16. The Kier molecular flexibility index (Phi) is 5.28. The van der Waals surface area contributed by atoms with Crippen LogP contribution in [0.5, 0.6) is 0 Å². The van der Waals surface area contributed by atoms with Crippen molar-refractivity contribution in [3.05, 3.63) is 65.5 Å². The van der Waals surface area contributed by atoms with E-state index in [-0.39, 0.29) is 17.3 Å². The Labute approximate surface area is 177 Å². The lowest BCUT2D eigenvalue weighted by Gasteiger charge is -2.11. The molecule has 4 aromatic rings. The highest BCUT2D eigenvalue weighted by Crippen LogP contribution is 2.26. The van der Waals surface area contributed by atoms with E-state index in [9.17, 15) is 9.18 Å². The van der Waals surface area contributed by atoms with E-state index in [1.807, 2.05) is 20.0 Å². The summed E-state index contributed by atoms with van der Waals surface area (Å²) in [7, 11) is 1.80. The number of aryl methyl sites for hydroxylation is 2. The number of benzene rings is 1. The lowest BCUT2D eigenvalue weighted by molar-refractivity contribution is 0.102. The fourth-order valence-corrected chi connectivity index (χ4v) is 3.23. The fraction of sp³-hybridized carbons (Fsp3) is 0.238. The van der Waals surface area contributed by atoms with E-state index < -0.39 is 11.7 Å². The van der Waals surface area contributed by atoms with Gasteiger partial charge in [-0.05, 0) is 52.7 Å². The number of nitrogens with zero attached hydrogens (tertiary/aromatic N) is 7. The molecule has 10 heteroatoms. The van der Waals surface area contributed by atoms with Crippen molar-refractivity contribution in [2.45, 2.75) is 26.7 Å². The van der Waals surface area contributed by atoms with Crippen LogP contribution in [0.15, 0.2) is 42.7 Å². The standard InChI is InChI=1S/C21H21FN8O/c1-12(2)20-26-27-28-30(20)19-7-5-6-18(24-19)25-21(31)16-9-15(13(3)8-17(16)22)14-10-23-29(4)11-14/h5-12H,1-4H3,(H,24,25,31). The van der Waals surface area contributed by atoms with Gasteiger partial charge in [0.25, 0.3) is 5.91 Å². The summed E-state index contributed by atoms with van der Waals surface area (Å²) in [6, 6.07) is 7.94. The van der Waals surface area contributed by atoms with E-state index in [1.165, 1.54) is 16.8 Å². The molecule has 3 heterocycles. The van der Waals surface area contributed by atoms with Gasteiger partial charge < -0.3 is 5.32 Å².